The Morgan fingerprint density at radius 3 is 2.55 bits per heavy atom. The van der Waals surface area contributed by atoms with E-state index in [9.17, 15) is 9.59 Å². The molecule has 0 radical (unpaired) electrons. The van der Waals surface area contributed by atoms with Crippen LogP contribution in [0.3, 0.4) is 0 Å². The second-order valence-corrected chi connectivity index (χ2v) is 7.61. The highest BCUT2D eigenvalue weighted by Gasteiger charge is 2.26. The van der Waals surface area contributed by atoms with Gasteiger partial charge in [0.15, 0.2) is 11.5 Å². The van der Waals surface area contributed by atoms with Gasteiger partial charge in [-0.15, -0.1) is 5.10 Å². The first-order valence-electron chi connectivity index (χ1n) is 10.1. The molecule has 1 saturated heterocycles. The smallest absolute Gasteiger partial charge is 0.275 e. The third-order valence-corrected chi connectivity index (χ3v) is 5.85. The molecule has 0 unspecified atom stereocenters. The Morgan fingerprint density at radius 2 is 1.72 bits per heavy atom. The summed E-state index contributed by atoms with van der Waals surface area (Å²) in [5.74, 6) is 0.735. The molecule has 2 aliphatic rings. The third-order valence-electron chi connectivity index (χ3n) is 5.85. The molecule has 8 nitrogen and oxygen atoms in total. The minimum Gasteiger partial charge on any atom is -0.352 e. The first kappa shape index (κ1) is 17.8. The zero-order valence-electron chi connectivity index (χ0n) is 16.1. The molecule has 0 atom stereocenters. The molecule has 3 aromatic rings. The van der Waals surface area contributed by atoms with Crippen molar-refractivity contribution in [2.75, 3.05) is 31.1 Å². The molecule has 0 spiro atoms. The van der Waals surface area contributed by atoms with Gasteiger partial charge in [0.2, 0.25) is 0 Å². The summed E-state index contributed by atoms with van der Waals surface area (Å²) in [5.41, 5.74) is 2.45. The largest absolute Gasteiger partial charge is 0.352 e. The zero-order valence-corrected chi connectivity index (χ0v) is 16.1. The lowest BCUT2D eigenvalue weighted by molar-refractivity contribution is 0.0741. The van der Waals surface area contributed by atoms with Gasteiger partial charge in [-0.2, -0.15) is 10.2 Å². The SMILES string of the molecule is O=C(c1n[nH]c(=O)c2ccccc12)N1CCN(c2cc3c(nn2)CCCC3)CC1. The van der Waals surface area contributed by atoms with Crippen LogP contribution < -0.4 is 10.5 Å². The Hall–Kier alpha value is -3.29. The Balaban J connectivity index is 1.33. The summed E-state index contributed by atoms with van der Waals surface area (Å²) < 4.78 is 0. The number of anilines is 1. The highest BCUT2D eigenvalue weighted by molar-refractivity contribution is 6.04. The van der Waals surface area contributed by atoms with Crippen LogP contribution in [0.4, 0.5) is 5.82 Å². The number of piperazine rings is 1. The molecule has 2 aromatic heterocycles. The quantitative estimate of drug-likeness (QED) is 0.713. The van der Waals surface area contributed by atoms with E-state index >= 15 is 0 Å². The van der Waals surface area contributed by atoms with Crippen LogP contribution in [0.25, 0.3) is 10.8 Å². The average Bonchev–Trinajstić information content (AvgIpc) is 2.79. The summed E-state index contributed by atoms with van der Waals surface area (Å²) in [4.78, 5) is 29.0. The van der Waals surface area contributed by atoms with Crippen molar-refractivity contribution in [3.8, 4) is 0 Å². The Bertz CT molecular complexity index is 1130. The summed E-state index contributed by atoms with van der Waals surface area (Å²) >= 11 is 0. The fraction of sp³-hybridized carbons (Fsp3) is 0.381. The molecule has 5 rings (SSSR count). The minimum atomic E-state index is -0.284. The van der Waals surface area contributed by atoms with Gasteiger partial charge in [-0.3, -0.25) is 9.59 Å². The first-order valence-corrected chi connectivity index (χ1v) is 10.1. The lowest BCUT2D eigenvalue weighted by Gasteiger charge is -2.35. The van der Waals surface area contributed by atoms with Gasteiger partial charge in [-0.05, 0) is 43.4 Å². The number of amides is 1. The fourth-order valence-electron chi connectivity index (χ4n) is 4.20. The van der Waals surface area contributed by atoms with Crippen LogP contribution in [0, 0.1) is 0 Å². The van der Waals surface area contributed by atoms with E-state index in [0.717, 1.165) is 24.4 Å². The average molecular weight is 390 g/mol. The van der Waals surface area contributed by atoms with Gasteiger partial charge in [0, 0.05) is 31.6 Å². The standard InChI is InChI=1S/C21H22N6O2/c28-20-16-7-3-2-6-15(16)19(24-25-20)21(29)27-11-9-26(10-12-27)18-13-14-5-1-4-8-17(14)22-23-18/h2-3,6-7,13H,1,4-5,8-12H2,(H,25,28). The van der Waals surface area contributed by atoms with E-state index in [2.05, 4.69) is 31.4 Å². The molecule has 1 fully saturated rings. The molecule has 148 valence electrons. The Morgan fingerprint density at radius 1 is 0.966 bits per heavy atom. The van der Waals surface area contributed by atoms with Gasteiger partial charge in [-0.25, -0.2) is 5.10 Å². The third kappa shape index (κ3) is 3.24. The normalized spacial score (nSPS) is 16.7. The Kier molecular flexibility index (Phi) is 4.46. The van der Waals surface area contributed by atoms with Gasteiger partial charge in [0.1, 0.15) is 0 Å². The first-order chi connectivity index (χ1) is 14.2. The summed E-state index contributed by atoms with van der Waals surface area (Å²) in [7, 11) is 0. The molecule has 1 aromatic carbocycles. The van der Waals surface area contributed by atoms with E-state index in [-0.39, 0.29) is 11.5 Å². The van der Waals surface area contributed by atoms with Crippen LogP contribution in [-0.4, -0.2) is 57.4 Å². The van der Waals surface area contributed by atoms with Gasteiger partial charge >= 0.3 is 0 Å². The maximum atomic E-state index is 13.1. The number of hydrogen-bond donors (Lipinski definition) is 1. The molecular weight excluding hydrogens is 368 g/mol. The number of rotatable bonds is 2. The van der Waals surface area contributed by atoms with Crippen molar-refractivity contribution in [2.24, 2.45) is 0 Å². The van der Waals surface area contributed by atoms with Crippen LogP contribution >= 0.6 is 0 Å². The summed E-state index contributed by atoms with van der Waals surface area (Å²) in [6.07, 6.45) is 4.49. The molecule has 1 aliphatic heterocycles. The van der Waals surface area contributed by atoms with E-state index in [1.165, 1.54) is 18.4 Å². The van der Waals surface area contributed by atoms with Crippen molar-refractivity contribution < 1.29 is 4.79 Å². The number of aromatic nitrogens is 4. The number of fused-ring (bicyclic) bond motifs is 2. The molecule has 3 heterocycles. The molecule has 0 saturated carbocycles. The number of nitrogens with zero attached hydrogens (tertiary/aromatic N) is 5. The highest BCUT2D eigenvalue weighted by atomic mass is 16.2. The lowest BCUT2D eigenvalue weighted by Crippen LogP contribution is -2.49. The predicted molar refractivity (Wildman–Crippen MR) is 109 cm³/mol. The number of hydrogen-bond acceptors (Lipinski definition) is 6. The van der Waals surface area contributed by atoms with E-state index in [1.54, 1.807) is 23.1 Å². The van der Waals surface area contributed by atoms with E-state index in [1.807, 2.05) is 6.07 Å². The summed E-state index contributed by atoms with van der Waals surface area (Å²) in [6.45, 7) is 2.54. The topological polar surface area (TPSA) is 95.1 Å². The number of aromatic amines is 1. The number of nitrogens with one attached hydrogen (secondary N) is 1. The van der Waals surface area contributed by atoms with E-state index in [4.69, 9.17) is 0 Å². The van der Waals surface area contributed by atoms with Crippen molar-refractivity contribution in [2.45, 2.75) is 25.7 Å². The summed E-state index contributed by atoms with van der Waals surface area (Å²) in [5, 5.41) is 16.4. The van der Waals surface area contributed by atoms with E-state index in [0.29, 0.717) is 42.6 Å². The van der Waals surface area contributed by atoms with Gasteiger partial charge < -0.3 is 9.80 Å². The predicted octanol–water partition coefficient (Wildman–Crippen LogP) is 1.55. The van der Waals surface area contributed by atoms with Crippen molar-refractivity contribution >= 4 is 22.5 Å². The Labute approximate surface area is 167 Å². The minimum absolute atomic E-state index is 0.159. The maximum absolute atomic E-state index is 13.1. The van der Waals surface area contributed by atoms with Crippen LogP contribution in [0.15, 0.2) is 35.1 Å². The second kappa shape index (κ2) is 7.27. The molecule has 29 heavy (non-hydrogen) atoms. The van der Waals surface area contributed by atoms with Crippen LogP contribution in [0.5, 0.6) is 0 Å². The van der Waals surface area contributed by atoms with Gasteiger partial charge in [0.05, 0.1) is 11.1 Å². The number of aryl methyl sites for hydroxylation is 2. The number of carbonyl (C=O) groups is 1. The van der Waals surface area contributed by atoms with Crippen molar-refractivity contribution in [3.63, 3.8) is 0 Å². The number of benzene rings is 1. The highest BCUT2D eigenvalue weighted by Crippen LogP contribution is 2.23. The monoisotopic (exact) mass is 390 g/mol. The molecule has 1 N–H and O–H groups in total. The van der Waals surface area contributed by atoms with Crippen molar-refractivity contribution in [1.82, 2.24) is 25.3 Å². The van der Waals surface area contributed by atoms with Crippen molar-refractivity contribution in [1.29, 1.82) is 0 Å². The van der Waals surface area contributed by atoms with Crippen LogP contribution in [0.1, 0.15) is 34.6 Å². The van der Waals surface area contributed by atoms with Gasteiger partial charge in [0.25, 0.3) is 11.5 Å². The molecular formula is C21H22N6O2. The molecule has 0 bridgehead atoms. The van der Waals surface area contributed by atoms with E-state index < -0.39 is 0 Å². The number of carbonyl (C=O) groups excluding carboxylic acids is 1. The number of H-pyrrole nitrogens is 1. The van der Waals surface area contributed by atoms with Crippen LogP contribution in [-0.2, 0) is 12.8 Å². The maximum Gasteiger partial charge on any atom is 0.275 e. The molecule has 1 amide bonds. The molecule has 8 heteroatoms. The van der Waals surface area contributed by atoms with Crippen molar-refractivity contribution in [3.05, 3.63) is 57.6 Å². The second-order valence-electron chi connectivity index (χ2n) is 7.61. The lowest BCUT2D eigenvalue weighted by atomic mass is 9.97. The zero-order chi connectivity index (χ0) is 19.8. The van der Waals surface area contributed by atoms with Crippen LogP contribution in [0.2, 0.25) is 0 Å². The molecule has 1 aliphatic carbocycles. The van der Waals surface area contributed by atoms with Gasteiger partial charge in [-0.1, -0.05) is 18.2 Å². The fourth-order valence-corrected chi connectivity index (χ4v) is 4.20. The summed E-state index contributed by atoms with van der Waals surface area (Å²) in [6, 6.07) is 9.23.